The number of nitrogens with two attached hydrogens (primary N) is 1. The highest BCUT2D eigenvalue weighted by molar-refractivity contribution is 6.32. The molecule has 2 aromatic carbocycles. The predicted octanol–water partition coefficient (Wildman–Crippen LogP) is 3.57. The third kappa shape index (κ3) is 12.1. The van der Waals surface area contributed by atoms with Gasteiger partial charge in [0.05, 0.1) is 62.2 Å². The average Bonchev–Trinajstić information content (AvgIpc) is 3.19. The maximum Gasteiger partial charge on any atom is 0.336 e. The largest absolute Gasteiger partial charge is 0.463 e. The van der Waals surface area contributed by atoms with Gasteiger partial charge in [-0.05, 0) is 58.0 Å². The van der Waals surface area contributed by atoms with Crippen molar-refractivity contribution in [3.8, 4) is 0 Å². The highest BCUT2D eigenvalue weighted by atomic mass is 35.5. The summed E-state index contributed by atoms with van der Waals surface area (Å²) >= 11 is 12.8. The lowest BCUT2D eigenvalue weighted by atomic mass is 9.78. The summed E-state index contributed by atoms with van der Waals surface area (Å²) in [6.07, 6.45) is 0. The van der Waals surface area contributed by atoms with Gasteiger partial charge < -0.3 is 50.8 Å². The van der Waals surface area contributed by atoms with Crippen molar-refractivity contribution in [3.63, 3.8) is 0 Å². The minimum Gasteiger partial charge on any atom is -0.463 e. The molecule has 16 heteroatoms. The Labute approximate surface area is 343 Å². The molecule has 57 heavy (non-hydrogen) atoms. The van der Waals surface area contributed by atoms with Gasteiger partial charge in [0, 0.05) is 57.5 Å². The third-order valence-electron chi connectivity index (χ3n) is 8.85. The van der Waals surface area contributed by atoms with Crippen LogP contribution in [-0.4, -0.2) is 107 Å². The van der Waals surface area contributed by atoms with Crippen molar-refractivity contribution in [2.45, 2.75) is 39.5 Å². The Morgan fingerprint density at radius 2 is 1.11 bits per heavy atom. The number of allylic oxidation sites excluding steroid dienone is 2. The summed E-state index contributed by atoms with van der Waals surface area (Å²) < 4.78 is 21.7. The molecule has 0 bridgehead atoms. The molecule has 310 valence electrons. The summed E-state index contributed by atoms with van der Waals surface area (Å²) in [6.45, 7) is 7.77. The Balaban J connectivity index is 0.000000306. The second kappa shape index (κ2) is 23.8. The molecule has 0 aliphatic carbocycles. The summed E-state index contributed by atoms with van der Waals surface area (Å²) in [7, 11) is 1.82. The van der Waals surface area contributed by atoms with Crippen LogP contribution in [0, 0.1) is 0 Å². The quantitative estimate of drug-likeness (QED) is 0.0885. The normalized spacial score (nSPS) is 16.7. The smallest absolute Gasteiger partial charge is 0.336 e. The number of nitrogens with one attached hydrogen (secondary N) is 3. The van der Waals surface area contributed by atoms with Gasteiger partial charge in [0.15, 0.2) is 11.6 Å². The predicted molar refractivity (Wildman–Crippen MR) is 216 cm³/mol. The molecule has 2 heterocycles. The highest BCUT2D eigenvalue weighted by Crippen LogP contribution is 2.43. The van der Waals surface area contributed by atoms with Crippen LogP contribution >= 0.6 is 23.2 Å². The van der Waals surface area contributed by atoms with Crippen LogP contribution in [0.1, 0.15) is 50.7 Å². The van der Waals surface area contributed by atoms with E-state index in [-0.39, 0.29) is 48.7 Å². The summed E-state index contributed by atoms with van der Waals surface area (Å²) in [6, 6.07) is 14.0. The molecule has 0 radical (unpaired) electrons. The lowest BCUT2D eigenvalue weighted by Crippen LogP contribution is -2.35. The number of ether oxygens (including phenoxy) is 4. The molecule has 2 aromatic rings. The number of benzene rings is 2. The summed E-state index contributed by atoms with van der Waals surface area (Å²) in [5.41, 5.74) is 9.71. The van der Waals surface area contributed by atoms with Crippen LogP contribution < -0.4 is 21.7 Å². The van der Waals surface area contributed by atoms with Crippen molar-refractivity contribution in [2.24, 2.45) is 5.73 Å². The molecule has 0 spiro atoms. The molecule has 0 amide bonds. The Bertz CT molecular complexity index is 1890. The lowest BCUT2D eigenvalue weighted by Gasteiger charge is -2.32. The zero-order valence-corrected chi connectivity index (χ0v) is 34.4. The molecule has 0 saturated heterocycles. The number of rotatable bonds is 19. The summed E-state index contributed by atoms with van der Waals surface area (Å²) in [5, 5.41) is 29.0. The van der Waals surface area contributed by atoms with E-state index in [1.165, 1.54) is 0 Å². The topological polar surface area (TPSA) is 208 Å². The van der Waals surface area contributed by atoms with Gasteiger partial charge in [-0.1, -0.05) is 59.6 Å². The van der Waals surface area contributed by atoms with E-state index in [4.69, 9.17) is 47.9 Å². The number of carbonyl (C=O) groups is 4. The van der Waals surface area contributed by atoms with Crippen LogP contribution in [-0.2, 0) is 38.1 Å². The molecule has 0 fully saturated rings. The van der Waals surface area contributed by atoms with Gasteiger partial charge in [0.2, 0.25) is 0 Å². The zero-order valence-electron chi connectivity index (χ0n) is 32.8. The molecule has 2 aliphatic rings. The average molecular weight is 832 g/mol. The maximum absolute atomic E-state index is 12.9. The van der Waals surface area contributed by atoms with Crippen LogP contribution in [0.4, 0.5) is 0 Å². The van der Waals surface area contributed by atoms with E-state index in [9.17, 15) is 29.4 Å². The Kier molecular flexibility index (Phi) is 19.6. The van der Waals surface area contributed by atoms with Crippen molar-refractivity contribution in [1.82, 2.24) is 16.0 Å². The fraction of sp³-hybridized carbons (Fsp3) is 0.415. The number of dihydropyridines is 2. The molecule has 0 aromatic heterocycles. The second-order valence-corrected chi connectivity index (χ2v) is 13.4. The van der Waals surface area contributed by atoms with Crippen LogP contribution in [0.3, 0.4) is 0 Å². The molecule has 0 saturated carbocycles. The molecule has 2 aliphatic heterocycles. The number of carbonyl (C=O) groups excluding carboxylic acids is 4. The minimum atomic E-state index is -0.787. The van der Waals surface area contributed by atoms with E-state index in [0.29, 0.717) is 70.3 Å². The standard InChI is InChI=1S/C21H27ClN2O5.C20H25ClN2O5/c1-4-29-21(27)20-16(12-28-10-9-23-3)24-13(2)18(17(26)11-25)19(20)14-7-5-6-8-15(14)22;1-3-28-20(26)19-15(11-27-9-8-22)23-12(2)17(16(25)10-24)18(19)13-6-4-5-7-14(13)21/h5-8,19,23-25H,4,9-12H2,1-3H3;4-7,18,23-24H,3,8-11,22H2,1-2H3. The van der Waals surface area contributed by atoms with Crippen molar-refractivity contribution in [1.29, 1.82) is 0 Å². The Morgan fingerprint density at radius 1 is 0.702 bits per heavy atom. The van der Waals surface area contributed by atoms with Gasteiger partial charge in [-0.15, -0.1) is 0 Å². The molecule has 14 nitrogen and oxygen atoms in total. The Morgan fingerprint density at radius 3 is 1.46 bits per heavy atom. The monoisotopic (exact) mass is 830 g/mol. The van der Waals surface area contributed by atoms with E-state index in [2.05, 4.69) is 16.0 Å². The Hall–Kier alpha value is -4.38. The van der Waals surface area contributed by atoms with Crippen molar-refractivity contribution in [2.75, 3.05) is 73.0 Å². The van der Waals surface area contributed by atoms with Gasteiger partial charge in [0.25, 0.3) is 0 Å². The summed E-state index contributed by atoms with van der Waals surface area (Å²) in [4.78, 5) is 50.9. The lowest BCUT2D eigenvalue weighted by molar-refractivity contribution is -0.140. The van der Waals surface area contributed by atoms with Crippen molar-refractivity contribution >= 4 is 46.7 Å². The van der Waals surface area contributed by atoms with Crippen molar-refractivity contribution < 1.29 is 48.3 Å². The summed E-state index contributed by atoms with van der Waals surface area (Å²) in [5.74, 6) is -3.69. The van der Waals surface area contributed by atoms with Crippen LogP contribution in [0.25, 0.3) is 0 Å². The first-order chi connectivity index (χ1) is 27.4. The number of Topliss-reactive ketones (excluding diaryl/α,β-unsaturated/α-hetero) is 2. The van der Waals surface area contributed by atoms with E-state index >= 15 is 0 Å². The SMILES string of the molecule is CCOC(=O)C1=C(COCCN)NC(C)=C(C(=O)CO)C1c1ccccc1Cl.CCOC(=O)C1=C(COCCNC)NC(C)=C(C(=O)CO)C1c1ccccc1Cl. The van der Waals surface area contributed by atoms with Gasteiger partial charge >= 0.3 is 11.9 Å². The number of aliphatic hydroxyl groups excluding tert-OH is 2. The van der Waals surface area contributed by atoms with E-state index in [0.717, 1.165) is 0 Å². The molecular formula is C41H52Cl2N4O10. The van der Waals surface area contributed by atoms with E-state index in [1.807, 2.05) is 7.05 Å². The van der Waals surface area contributed by atoms with Crippen LogP contribution in [0.15, 0.2) is 93.6 Å². The number of likely N-dealkylation sites (N-methyl/N-ethyl adjacent to an activating group) is 1. The molecule has 2 atom stereocenters. The van der Waals surface area contributed by atoms with Gasteiger partial charge in [-0.3, -0.25) is 9.59 Å². The van der Waals surface area contributed by atoms with E-state index < -0.39 is 48.6 Å². The first-order valence-electron chi connectivity index (χ1n) is 18.4. The number of hydrogen-bond donors (Lipinski definition) is 6. The number of esters is 2. The first kappa shape index (κ1) is 47.0. The fourth-order valence-electron chi connectivity index (χ4n) is 6.48. The fourth-order valence-corrected chi connectivity index (χ4v) is 6.97. The third-order valence-corrected chi connectivity index (χ3v) is 9.54. The molecular weight excluding hydrogens is 779 g/mol. The first-order valence-corrected chi connectivity index (χ1v) is 19.2. The molecule has 7 N–H and O–H groups in total. The molecule has 4 rings (SSSR count). The van der Waals surface area contributed by atoms with Crippen LogP contribution in [0.5, 0.6) is 0 Å². The van der Waals surface area contributed by atoms with Gasteiger partial charge in [-0.2, -0.15) is 0 Å². The second-order valence-electron chi connectivity index (χ2n) is 12.6. The van der Waals surface area contributed by atoms with E-state index in [1.54, 1.807) is 76.2 Å². The van der Waals surface area contributed by atoms with Crippen molar-refractivity contribution in [3.05, 3.63) is 115 Å². The number of aliphatic hydroxyl groups is 2. The zero-order chi connectivity index (χ0) is 42.1. The van der Waals surface area contributed by atoms with Gasteiger partial charge in [0.1, 0.15) is 13.2 Å². The van der Waals surface area contributed by atoms with Crippen LogP contribution in [0.2, 0.25) is 10.0 Å². The highest BCUT2D eigenvalue weighted by Gasteiger charge is 2.40. The minimum absolute atomic E-state index is 0.0875. The number of hydrogen-bond acceptors (Lipinski definition) is 14. The molecule has 2 unspecified atom stereocenters. The number of halogens is 2. The van der Waals surface area contributed by atoms with Gasteiger partial charge in [-0.25, -0.2) is 9.59 Å². The maximum atomic E-state index is 12.9. The number of ketones is 2.